The van der Waals surface area contributed by atoms with Crippen molar-refractivity contribution >= 4 is 44.8 Å². The Balaban J connectivity index is 1.62. The van der Waals surface area contributed by atoms with Gasteiger partial charge in [-0.2, -0.15) is 0 Å². The molecular formula is C22H17BrN2O2S. The van der Waals surface area contributed by atoms with Crippen molar-refractivity contribution in [3.05, 3.63) is 99.3 Å². The molecule has 1 saturated heterocycles. The number of furan rings is 1. The molecule has 0 unspecified atom stereocenters. The molecule has 0 aliphatic carbocycles. The van der Waals surface area contributed by atoms with Crippen LogP contribution in [0, 0.1) is 0 Å². The summed E-state index contributed by atoms with van der Waals surface area (Å²) in [7, 11) is 0. The fraction of sp³-hybridized carbons (Fsp3) is 0.0909. The lowest BCUT2D eigenvalue weighted by atomic mass is 10.2. The highest BCUT2D eigenvalue weighted by Crippen LogP contribution is 2.34. The molecule has 4 rings (SSSR count). The number of carbonyl (C=O) groups excluding carboxylic acids is 1. The van der Waals surface area contributed by atoms with Crippen molar-refractivity contribution in [3.63, 3.8) is 0 Å². The molecule has 1 aliphatic heterocycles. The zero-order valence-corrected chi connectivity index (χ0v) is 17.3. The van der Waals surface area contributed by atoms with Crippen molar-refractivity contribution in [2.45, 2.75) is 13.1 Å². The zero-order chi connectivity index (χ0) is 19.3. The number of benzene rings is 2. The normalized spacial score (nSPS) is 17.0. The van der Waals surface area contributed by atoms with E-state index >= 15 is 0 Å². The molecule has 0 bridgehead atoms. The van der Waals surface area contributed by atoms with Gasteiger partial charge in [-0.1, -0.05) is 60.7 Å². The number of carbonyl (C=O) groups is 1. The van der Waals surface area contributed by atoms with Crippen LogP contribution in [-0.4, -0.2) is 16.0 Å². The molecular weight excluding hydrogens is 436 g/mol. The molecule has 0 N–H and O–H groups in total. The van der Waals surface area contributed by atoms with Gasteiger partial charge in [-0.15, -0.1) is 0 Å². The van der Waals surface area contributed by atoms with Gasteiger partial charge in [0.15, 0.2) is 9.84 Å². The lowest BCUT2D eigenvalue weighted by Crippen LogP contribution is -2.28. The van der Waals surface area contributed by atoms with Gasteiger partial charge in [-0.3, -0.25) is 14.7 Å². The van der Waals surface area contributed by atoms with Gasteiger partial charge in [0.25, 0.3) is 5.91 Å². The summed E-state index contributed by atoms with van der Waals surface area (Å²) in [5.74, 6) is 0.569. The molecule has 0 atom stereocenters. The summed E-state index contributed by atoms with van der Waals surface area (Å²) < 4.78 is 6.16. The van der Waals surface area contributed by atoms with Gasteiger partial charge in [0.2, 0.25) is 0 Å². The Bertz CT molecular complexity index is 1030. The molecule has 28 heavy (non-hydrogen) atoms. The maximum atomic E-state index is 13.0. The van der Waals surface area contributed by atoms with Crippen LogP contribution < -0.4 is 0 Å². The summed E-state index contributed by atoms with van der Waals surface area (Å²) in [5.41, 5.74) is 2.17. The summed E-state index contributed by atoms with van der Waals surface area (Å²) >= 11 is 4.68. The average Bonchev–Trinajstić information content (AvgIpc) is 3.26. The summed E-state index contributed by atoms with van der Waals surface area (Å²) in [4.78, 5) is 20.1. The Morgan fingerprint density at radius 2 is 1.64 bits per heavy atom. The topological polar surface area (TPSA) is 45.8 Å². The highest BCUT2D eigenvalue weighted by atomic mass is 79.9. The molecule has 2 heterocycles. The average molecular weight is 453 g/mol. The highest BCUT2D eigenvalue weighted by Gasteiger charge is 2.33. The van der Waals surface area contributed by atoms with Crippen LogP contribution in [0.4, 0.5) is 0 Å². The van der Waals surface area contributed by atoms with Crippen molar-refractivity contribution < 1.29 is 9.21 Å². The third-order valence-electron chi connectivity index (χ3n) is 4.18. The van der Waals surface area contributed by atoms with Crippen LogP contribution in [0.15, 0.2) is 91.8 Å². The zero-order valence-electron chi connectivity index (χ0n) is 14.9. The molecule has 4 nitrogen and oxygen atoms in total. The van der Waals surface area contributed by atoms with Gasteiger partial charge in [-0.25, -0.2) is 0 Å². The minimum atomic E-state index is -0.0619. The fourth-order valence-electron chi connectivity index (χ4n) is 2.81. The Morgan fingerprint density at radius 1 is 0.964 bits per heavy atom. The van der Waals surface area contributed by atoms with Crippen LogP contribution in [0.25, 0.3) is 6.08 Å². The first-order chi connectivity index (χ1) is 13.7. The quantitative estimate of drug-likeness (QED) is 0.465. The summed E-state index contributed by atoms with van der Waals surface area (Å²) in [6.07, 6.45) is 1.76. The van der Waals surface area contributed by atoms with Crippen LogP contribution in [0.2, 0.25) is 0 Å². The molecule has 3 aromatic rings. The standard InChI is InChI=1S/C22H17BrN2O2S/c23-20-12-11-18(27-20)13-19-21(26)25(15-17-9-5-2-6-10-17)22(28-19)24-14-16-7-3-1-4-8-16/h1-13H,14-15H2/b19-13+,24-22?. The van der Waals surface area contributed by atoms with E-state index in [9.17, 15) is 4.79 Å². The van der Waals surface area contributed by atoms with Gasteiger partial charge in [0, 0.05) is 6.08 Å². The lowest BCUT2D eigenvalue weighted by Gasteiger charge is -2.15. The van der Waals surface area contributed by atoms with E-state index in [1.807, 2.05) is 72.8 Å². The van der Waals surface area contributed by atoms with Gasteiger partial charge in [-0.05, 0) is 51.0 Å². The second-order valence-electron chi connectivity index (χ2n) is 6.21. The number of amidine groups is 1. The van der Waals surface area contributed by atoms with E-state index in [1.165, 1.54) is 11.8 Å². The van der Waals surface area contributed by atoms with E-state index in [1.54, 1.807) is 11.0 Å². The van der Waals surface area contributed by atoms with Crippen molar-refractivity contribution in [3.8, 4) is 0 Å². The van der Waals surface area contributed by atoms with Crippen LogP contribution in [0.1, 0.15) is 16.9 Å². The van der Waals surface area contributed by atoms with Crippen LogP contribution >= 0.6 is 27.7 Å². The smallest absolute Gasteiger partial charge is 0.267 e. The second-order valence-corrected chi connectivity index (χ2v) is 8.00. The molecule has 0 saturated carbocycles. The van der Waals surface area contributed by atoms with E-state index in [0.29, 0.717) is 33.6 Å². The van der Waals surface area contributed by atoms with E-state index in [-0.39, 0.29) is 5.91 Å². The number of hydrogen-bond donors (Lipinski definition) is 0. The van der Waals surface area contributed by atoms with Crippen molar-refractivity contribution in [1.82, 2.24) is 4.90 Å². The summed E-state index contributed by atoms with van der Waals surface area (Å²) in [5, 5.41) is 0.703. The number of rotatable bonds is 5. The van der Waals surface area contributed by atoms with Gasteiger partial charge >= 0.3 is 0 Å². The fourth-order valence-corrected chi connectivity index (χ4v) is 4.08. The first-order valence-corrected chi connectivity index (χ1v) is 10.4. The Hall–Kier alpha value is -2.57. The maximum absolute atomic E-state index is 13.0. The SMILES string of the molecule is O=C1/C(=C\c2ccc(Br)o2)SC(=NCc2ccccc2)N1Cc1ccccc1. The van der Waals surface area contributed by atoms with E-state index in [0.717, 1.165) is 11.1 Å². The Labute approximate surface area is 176 Å². The highest BCUT2D eigenvalue weighted by molar-refractivity contribution is 9.10. The second kappa shape index (κ2) is 8.63. The van der Waals surface area contributed by atoms with Crippen molar-refractivity contribution in [2.24, 2.45) is 4.99 Å². The van der Waals surface area contributed by atoms with Gasteiger partial charge in [0.05, 0.1) is 18.0 Å². The van der Waals surface area contributed by atoms with Crippen LogP contribution in [0.3, 0.4) is 0 Å². The van der Waals surface area contributed by atoms with Gasteiger partial charge in [0.1, 0.15) is 5.76 Å². The third-order valence-corrected chi connectivity index (χ3v) is 5.65. The first kappa shape index (κ1) is 18.8. The number of hydrogen-bond acceptors (Lipinski definition) is 4. The number of nitrogens with zero attached hydrogens (tertiary/aromatic N) is 2. The van der Waals surface area contributed by atoms with E-state index in [2.05, 4.69) is 15.9 Å². The molecule has 0 spiro atoms. The largest absolute Gasteiger partial charge is 0.450 e. The number of amides is 1. The number of halogens is 1. The summed E-state index contributed by atoms with van der Waals surface area (Å²) in [6, 6.07) is 23.6. The third kappa shape index (κ3) is 4.46. The molecule has 1 amide bonds. The van der Waals surface area contributed by atoms with Crippen LogP contribution in [0.5, 0.6) is 0 Å². The minimum absolute atomic E-state index is 0.0619. The lowest BCUT2D eigenvalue weighted by molar-refractivity contribution is -0.122. The molecule has 6 heteroatoms. The number of aliphatic imine (C=N–C) groups is 1. The Kier molecular flexibility index (Phi) is 5.78. The van der Waals surface area contributed by atoms with E-state index in [4.69, 9.17) is 9.41 Å². The summed E-state index contributed by atoms with van der Waals surface area (Å²) in [6.45, 7) is 1.01. The predicted octanol–water partition coefficient (Wildman–Crippen LogP) is 5.71. The van der Waals surface area contributed by atoms with E-state index < -0.39 is 0 Å². The molecule has 1 aliphatic rings. The maximum Gasteiger partial charge on any atom is 0.267 e. The predicted molar refractivity (Wildman–Crippen MR) is 117 cm³/mol. The molecule has 2 aromatic carbocycles. The molecule has 1 fully saturated rings. The van der Waals surface area contributed by atoms with Crippen LogP contribution in [-0.2, 0) is 17.9 Å². The molecule has 0 radical (unpaired) electrons. The molecule has 1 aromatic heterocycles. The first-order valence-electron chi connectivity index (χ1n) is 8.78. The minimum Gasteiger partial charge on any atom is -0.450 e. The monoisotopic (exact) mass is 452 g/mol. The van der Waals surface area contributed by atoms with Crippen molar-refractivity contribution in [2.75, 3.05) is 0 Å². The number of thioether (sulfide) groups is 1. The van der Waals surface area contributed by atoms with Crippen molar-refractivity contribution in [1.29, 1.82) is 0 Å². The van der Waals surface area contributed by atoms with Gasteiger partial charge < -0.3 is 4.42 Å². The molecule has 140 valence electrons. The Morgan fingerprint density at radius 3 is 2.29 bits per heavy atom.